The van der Waals surface area contributed by atoms with Crippen molar-refractivity contribution in [2.24, 2.45) is 29.6 Å². The first-order valence-electron chi connectivity index (χ1n) is 11.7. The van der Waals surface area contributed by atoms with E-state index in [1.54, 1.807) is 68.0 Å². The molecule has 2 aromatic carbocycles. The summed E-state index contributed by atoms with van der Waals surface area (Å²) in [4.78, 5) is 0. The second kappa shape index (κ2) is 7.05. The fraction of sp³-hybridized carbons (Fsp3) is 0.500. The fourth-order valence-corrected chi connectivity index (χ4v) is 8.78. The molecule has 0 nitrogen and oxygen atoms in total. The number of hydrogen-bond acceptors (Lipinski definition) is 0. The van der Waals surface area contributed by atoms with Gasteiger partial charge in [-0.05, 0) is 0 Å². The Morgan fingerprint density at radius 2 is 1.52 bits per heavy atom. The summed E-state index contributed by atoms with van der Waals surface area (Å²) in [5.74, 6) is 5.23. The van der Waals surface area contributed by atoms with Gasteiger partial charge < -0.3 is 0 Å². The first-order valence-corrected chi connectivity index (χ1v) is 13.1. The van der Waals surface area contributed by atoms with Gasteiger partial charge in [-0.15, -0.1) is 0 Å². The number of hydrogen-bond donors (Lipinski definition) is 0. The van der Waals surface area contributed by atoms with Crippen molar-refractivity contribution >= 4 is 6.08 Å². The van der Waals surface area contributed by atoms with Crippen molar-refractivity contribution in [2.45, 2.75) is 56.0 Å². The molecule has 0 aromatic heterocycles. The molecule has 1 unspecified atom stereocenters. The van der Waals surface area contributed by atoms with Crippen molar-refractivity contribution in [1.29, 1.82) is 0 Å². The second-order valence-corrected chi connectivity index (χ2v) is 12.1. The third-order valence-corrected chi connectivity index (χ3v) is 10.3. The van der Waals surface area contributed by atoms with Crippen LogP contribution in [0.2, 0.25) is 0 Å². The molecule has 1 heteroatoms. The molecule has 2 aromatic rings. The SMILES string of the molecule is Cc1cc(C)cc(-c2cccc3c2C=C(CC2C4CC5CC(C4)CC2C5)[CH]3[Zr])c1. The van der Waals surface area contributed by atoms with Gasteiger partial charge >= 0.3 is 192 Å². The van der Waals surface area contributed by atoms with E-state index in [1.807, 2.05) is 0 Å². The van der Waals surface area contributed by atoms with E-state index in [2.05, 4.69) is 56.3 Å². The maximum absolute atomic E-state index is 2.62. The summed E-state index contributed by atoms with van der Waals surface area (Å²) in [5.41, 5.74) is 10.5. The van der Waals surface area contributed by atoms with E-state index in [0.717, 1.165) is 29.6 Å². The minimum absolute atomic E-state index is 0.681. The molecule has 4 bridgehead atoms. The van der Waals surface area contributed by atoms with Crippen LogP contribution in [0.15, 0.2) is 42.0 Å². The molecule has 0 amide bonds. The molecule has 0 saturated heterocycles. The Bertz CT molecular complexity index is 949. The molecule has 5 aliphatic carbocycles. The van der Waals surface area contributed by atoms with Crippen LogP contribution in [0.25, 0.3) is 17.2 Å². The average Bonchev–Trinajstić information content (AvgIpc) is 2.99. The first kappa shape index (κ1) is 18.8. The molecule has 0 radical (unpaired) electrons. The molecule has 0 spiro atoms. The molecule has 4 saturated carbocycles. The first-order chi connectivity index (χ1) is 14.0. The van der Waals surface area contributed by atoms with Crippen LogP contribution in [-0.4, -0.2) is 0 Å². The van der Waals surface area contributed by atoms with Gasteiger partial charge in [0.1, 0.15) is 0 Å². The van der Waals surface area contributed by atoms with Gasteiger partial charge in [0.15, 0.2) is 0 Å². The van der Waals surface area contributed by atoms with Crippen molar-refractivity contribution in [3.63, 3.8) is 0 Å². The van der Waals surface area contributed by atoms with Crippen molar-refractivity contribution in [2.75, 3.05) is 0 Å². The van der Waals surface area contributed by atoms with Gasteiger partial charge in [-0.1, -0.05) is 0 Å². The van der Waals surface area contributed by atoms with Crippen LogP contribution in [0, 0.1) is 43.4 Å². The van der Waals surface area contributed by atoms with Crippen LogP contribution >= 0.6 is 0 Å². The van der Waals surface area contributed by atoms with Crippen molar-refractivity contribution in [3.8, 4) is 11.1 Å². The van der Waals surface area contributed by atoms with E-state index < -0.39 is 0 Å². The summed E-state index contributed by atoms with van der Waals surface area (Å²) < 4.78 is 0.681. The Morgan fingerprint density at radius 1 is 0.862 bits per heavy atom. The van der Waals surface area contributed by atoms with Gasteiger partial charge in [0.05, 0.1) is 0 Å². The van der Waals surface area contributed by atoms with Crippen LogP contribution in [0.4, 0.5) is 0 Å². The third kappa shape index (κ3) is 3.18. The molecule has 0 aliphatic heterocycles. The predicted molar refractivity (Wildman–Crippen MR) is 117 cm³/mol. The summed E-state index contributed by atoms with van der Waals surface area (Å²) in [6.07, 6.45) is 11.8. The zero-order valence-corrected chi connectivity index (χ0v) is 20.2. The third-order valence-electron chi connectivity index (χ3n) is 8.58. The van der Waals surface area contributed by atoms with Crippen molar-refractivity contribution in [3.05, 3.63) is 64.2 Å². The van der Waals surface area contributed by atoms with Gasteiger partial charge in [-0.25, -0.2) is 0 Å². The molecule has 1 atom stereocenters. The van der Waals surface area contributed by atoms with Crippen LogP contribution in [0.1, 0.15) is 64.4 Å². The van der Waals surface area contributed by atoms with E-state index in [4.69, 9.17) is 0 Å². The molecule has 7 rings (SSSR count). The van der Waals surface area contributed by atoms with Crippen LogP contribution in [-0.2, 0) is 24.7 Å². The molecule has 147 valence electrons. The Labute approximate surface area is 191 Å². The van der Waals surface area contributed by atoms with E-state index >= 15 is 0 Å². The summed E-state index contributed by atoms with van der Waals surface area (Å²) >= 11 is 1.67. The standard InChI is InChI=1S/C28H31.Zr/c1-17-6-18(2)8-23(7-17)26-5-3-4-22-10-21(16-28(22)26)15-27-24-11-19-9-20(13-24)14-25(27)12-19;/h3-8,10,16,19-20,24-25,27H,9,11-15H2,1-2H3;. The molecule has 0 N–H and O–H groups in total. The molecular formula is C28H31Zr. The predicted octanol–water partition coefficient (Wildman–Crippen LogP) is 7.42. The Balaban J connectivity index is 1.33. The fourth-order valence-electron chi connectivity index (χ4n) is 7.67. The zero-order chi connectivity index (χ0) is 19.7. The monoisotopic (exact) mass is 457 g/mol. The topological polar surface area (TPSA) is 0 Å². The van der Waals surface area contributed by atoms with E-state index in [1.165, 1.54) is 34.2 Å². The van der Waals surface area contributed by atoms with Crippen LogP contribution in [0.5, 0.6) is 0 Å². The van der Waals surface area contributed by atoms with Gasteiger partial charge in [0, 0.05) is 0 Å². The second-order valence-electron chi connectivity index (χ2n) is 10.6. The normalized spacial score (nSPS) is 34.3. The number of allylic oxidation sites excluding steroid dienone is 1. The molecule has 0 heterocycles. The van der Waals surface area contributed by atoms with Gasteiger partial charge in [0.2, 0.25) is 0 Å². The van der Waals surface area contributed by atoms with Crippen LogP contribution in [0.3, 0.4) is 0 Å². The summed E-state index contributed by atoms with van der Waals surface area (Å²) in [6, 6.07) is 14.1. The van der Waals surface area contributed by atoms with Crippen molar-refractivity contribution in [1.82, 2.24) is 0 Å². The van der Waals surface area contributed by atoms with Gasteiger partial charge in [0.25, 0.3) is 0 Å². The van der Waals surface area contributed by atoms with Crippen molar-refractivity contribution < 1.29 is 24.7 Å². The molecular weight excluding hydrogens is 428 g/mol. The van der Waals surface area contributed by atoms with E-state index in [-0.39, 0.29) is 0 Å². The Morgan fingerprint density at radius 3 is 2.17 bits per heavy atom. The summed E-state index contributed by atoms with van der Waals surface area (Å²) in [5, 5.41) is 0. The number of aryl methyl sites for hydroxylation is 2. The van der Waals surface area contributed by atoms with E-state index in [0.29, 0.717) is 3.63 Å². The minimum atomic E-state index is 0.681. The number of rotatable bonds is 3. The maximum atomic E-state index is 2.62. The Hall–Kier alpha value is -0.937. The molecule has 29 heavy (non-hydrogen) atoms. The van der Waals surface area contributed by atoms with E-state index in [9.17, 15) is 0 Å². The summed E-state index contributed by atoms with van der Waals surface area (Å²) in [6.45, 7) is 4.45. The molecule has 4 fully saturated rings. The van der Waals surface area contributed by atoms with Gasteiger partial charge in [-0.2, -0.15) is 0 Å². The van der Waals surface area contributed by atoms with Crippen LogP contribution < -0.4 is 0 Å². The average molecular weight is 459 g/mol. The number of benzene rings is 2. The number of fused-ring (bicyclic) bond motifs is 1. The quantitative estimate of drug-likeness (QED) is 0.449. The molecule has 5 aliphatic rings. The summed E-state index contributed by atoms with van der Waals surface area (Å²) in [7, 11) is 0. The van der Waals surface area contributed by atoms with Gasteiger partial charge in [-0.3, -0.25) is 0 Å². The Kier molecular flexibility index (Phi) is 4.57. The zero-order valence-electron chi connectivity index (χ0n) is 17.7.